The van der Waals surface area contributed by atoms with Crippen LogP contribution in [0.15, 0.2) is 109 Å². The monoisotopic (exact) mass is 876 g/mol. The second-order valence-corrected chi connectivity index (χ2v) is 14.3. The van der Waals surface area contributed by atoms with Crippen LogP contribution in [0.25, 0.3) is 66.3 Å². The van der Waals surface area contributed by atoms with Gasteiger partial charge in [-0.2, -0.15) is 11.2 Å². The minimum absolute atomic E-state index is 0. The van der Waals surface area contributed by atoms with Gasteiger partial charge >= 0.3 is 21.1 Å². The molecule has 0 spiro atoms. The Labute approximate surface area is 321 Å². The standard InChI is InChI=1S/C45H36FN5O.Pt/c1-27(2)22-29-12-11-13-30(23-28(3)4)43(29)45-49-48-44-36-26-41(37(46)25-35(36)33-15-6-8-17-39(33)51(44)45)52-31-19-20-34-32-14-5-7-16-38(32)50(40(34)24-31)42-18-9-10-21-47-42;/h5-21,25,27-28H,22-23H2,1-4H3;/q-2;+2. The van der Waals surface area contributed by atoms with E-state index in [2.05, 4.69) is 90.2 Å². The molecule has 0 unspecified atom stereocenters. The van der Waals surface area contributed by atoms with Gasteiger partial charge in [-0.1, -0.05) is 117 Å². The smallest absolute Gasteiger partial charge is 0.500 e. The Bertz CT molecular complexity index is 2780. The summed E-state index contributed by atoms with van der Waals surface area (Å²) in [6.45, 7) is 8.95. The van der Waals surface area contributed by atoms with Gasteiger partial charge in [0.25, 0.3) is 0 Å². The maximum Gasteiger partial charge on any atom is 2.00 e. The van der Waals surface area contributed by atoms with Crippen LogP contribution in [0.1, 0.15) is 38.8 Å². The third-order valence-corrected chi connectivity index (χ3v) is 9.68. The van der Waals surface area contributed by atoms with Crippen LogP contribution in [0.5, 0.6) is 11.5 Å². The van der Waals surface area contributed by atoms with E-state index in [1.165, 1.54) is 17.2 Å². The van der Waals surface area contributed by atoms with Crippen molar-refractivity contribution in [3.63, 3.8) is 0 Å². The summed E-state index contributed by atoms with van der Waals surface area (Å²) in [5, 5.41) is 13.9. The number of pyridine rings is 2. The van der Waals surface area contributed by atoms with E-state index < -0.39 is 5.82 Å². The first-order chi connectivity index (χ1) is 25.4. The Morgan fingerprint density at radius 2 is 1.38 bits per heavy atom. The van der Waals surface area contributed by atoms with Gasteiger partial charge in [0.05, 0.1) is 17.2 Å². The van der Waals surface area contributed by atoms with Crippen molar-refractivity contribution < 1.29 is 30.2 Å². The number of aromatic nitrogens is 5. The summed E-state index contributed by atoms with van der Waals surface area (Å²) in [5.74, 6) is 2.26. The molecule has 9 aromatic rings. The molecule has 0 atom stereocenters. The average molecular weight is 877 g/mol. The molecule has 0 saturated heterocycles. The molecule has 0 aliphatic heterocycles. The average Bonchev–Trinajstić information content (AvgIpc) is 3.72. The molecule has 0 radical (unpaired) electrons. The molecule has 0 N–H and O–H groups in total. The Morgan fingerprint density at radius 3 is 2.08 bits per heavy atom. The summed E-state index contributed by atoms with van der Waals surface area (Å²) in [5.41, 5.74) is 6.88. The fourth-order valence-corrected chi connectivity index (χ4v) is 7.63. The predicted molar refractivity (Wildman–Crippen MR) is 207 cm³/mol. The number of fused-ring (bicyclic) bond motifs is 9. The first-order valence-electron chi connectivity index (χ1n) is 17.8. The van der Waals surface area contributed by atoms with Gasteiger partial charge < -0.3 is 13.7 Å². The van der Waals surface area contributed by atoms with Crippen LogP contribution in [0, 0.1) is 29.8 Å². The minimum Gasteiger partial charge on any atom is -0.500 e. The quantitative estimate of drug-likeness (QED) is 0.113. The Hall–Kier alpha value is -5.39. The first-order valence-corrected chi connectivity index (χ1v) is 17.8. The third-order valence-electron chi connectivity index (χ3n) is 9.68. The van der Waals surface area contributed by atoms with Gasteiger partial charge in [0, 0.05) is 28.5 Å². The third kappa shape index (κ3) is 5.97. The van der Waals surface area contributed by atoms with Crippen molar-refractivity contribution in [1.29, 1.82) is 0 Å². The van der Waals surface area contributed by atoms with Crippen LogP contribution in [0.2, 0.25) is 0 Å². The largest absolute Gasteiger partial charge is 2.00 e. The normalized spacial score (nSPS) is 11.8. The van der Waals surface area contributed by atoms with E-state index in [9.17, 15) is 0 Å². The molecule has 0 aliphatic carbocycles. The van der Waals surface area contributed by atoms with E-state index in [1.54, 1.807) is 6.20 Å². The van der Waals surface area contributed by atoms with Gasteiger partial charge in [-0.25, -0.2) is 4.98 Å². The van der Waals surface area contributed by atoms with Crippen LogP contribution in [-0.2, 0) is 33.9 Å². The number of halogens is 1. The molecule has 8 heteroatoms. The van der Waals surface area contributed by atoms with Gasteiger partial charge in [-0.3, -0.25) is 4.39 Å². The molecule has 0 bridgehead atoms. The van der Waals surface area contributed by atoms with Gasteiger partial charge in [0.15, 0.2) is 5.82 Å². The van der Waals surface area contributed by atoms with Crippen LogP contribution in [0.3, 0.4) is 0 Å². The summed E-state index contributed by atoms with van der Waals surface area (Å²) >= 11 is 0. The van der Waals surface area contributed by atoms with Crippen molar-refractivity contribution >= 4 is 49.1 Å². The zero-order chi connectivity index (χ0) is 35.5. The summed E-state index contributed by atoms with van der Waals surface area (Å²) in [6, 6.07) is 40.6. The Balaban J connectivity index is 0.00000400. The van der Waals surface area contributed by atoms with Crippen molar-refractivity contribution in [2.24, 2.45) is 11.8 Å². The van der Waals surface area contributed by atoms with Crippen LogP contribution < -0.4 is 4.74 Å². The number of benzene rings is 5. The fraction of sp³-hybridized carbons (Fsp3) is 0.178. The van der Waals surface area contributed by atoms with E-state index in [4.69, 9.17) is 14.9 Å². The van der Waals surface area contributed by atoms with E-state index in [1.807, 2.05) is 60.7 Å². The molecule has 264 valence electrons. The molecule has 9 rings (SSSR count). The van der Waals surface area contributed by atoms with Crippen molar-refractivity contribution in [2.45, 2.75) is 40.5 Å². The van der Waals surface area contributed by atoms with Gasteiger partial charge in [-0.05, 0) is 70.8 Å². The number of ether oxygens (including phenoxy) is 1. The molecule has 5 aromatic carbocycles. The molecular formula is C45H36FN5OPt. The summed E-state index contributed by atoms with van der Waals surface area (Å²) in [6.07, 6.45) is 3.60. The molecule has 0 amide bonds. The topological polar surface area (TPSA) is 57.2 Å². The number of hydrogen-bond donors (Lipinski definition) is 0. The molecule has 0 aliphatic rings. The Kier molecular flexibility index (Phi) is 9.08. The van der Waals surface area contributed by atoms with Crippen molar-refractivity contribution in [3.05, 3.63) is 138 Å². The number of nitrogens with zero attached hydrogens (tertiary/aromatic N) is 5. The number of rotatable bonds is 8. The molecule has 53 heavy (non-hydrogen) atoms. The van der Waals surface area contributed by atoms with E-state index in [-0.39, 0.29) is 26.8 Å². The molecule has 4 heterocycles. The SMILES string of the molecule is CC(C)Cc1cccc(CC(C)C)c1-c1nnc2c3[c-]c(Oc4[c-]c5c(cc4)c4ccccc4n5-c4ccccn4)c(F)cc3c3ccccc3n12.[Pt+2]. The van der Waals surface area contributed by atoms with Crippen LogP contribution >= 0.6 is 0 Å². The van der Waals surface area contributed by atoms with Crippen molar-refractivity contribution in [3.8, 4) is 28.7 Å². The van der Waals surface area contributed by atoms with E-state index in [0.717, 1.165) is 62.8 Å². The van der Waals surface area contributed by atoms with Crippen molar-refractivity contribution in [2.75, 3.05) is 0 Å². The van der Waals surface area contributed by atoms with Crippen molar-refractivity contribution in [1.82, 2.24) is 24.1 Å². The molecule has 4 aromatic heterocycles. The summed E-state index contributed by atoms with van der Waals surface area (Å²) in [7, 11) is 0. The van der Waals surface area contributed by atoms with Crippen LogP contribution in [0.4, 0.5) is 4.39 Å². The second kappa shape index (κ2) is 13.9. The summed E-state index contributed by atoms with van der Waals surface area (Å²) in [4.78, 5) is 4.62. The van der Waals surface area contributed by atoms with Crippen LogP contribution in [-0.4, -0.2) is 24.1 Å². The van der Waals surface area contributed by atoms with E-state index >= 15 is 4.39 Å². The minimum atomic E-state index is -0.526. The number of para-hydroxylation sites is 2. The summed E-state index contributed by atoms with van der Waals surface area (Å²) < 4.78 is 26.6. The van der Waals surface area contributed by atoms with Gasteiger partial charge in [0.2, 0.25) is 0 Å². The fourth-order valence-electron chi connectivity index (χ4n) is 7.63. The maximum atomic E-state index is 16.1. The van der Waals surface area contributed by atoms with E-state index in [0.29, 0.717) is 34.0 Å². The second-order valence-electron chi connectivity index (χ2n) is 14.3. The molecule has 0 fully saturated rings. The zero-order valence-electron chi connectivity index (χ0n) is 29.8. The van der Waals surface area contributed by atoms with Gasteiger partial charge in [-0.15, -0.1) is 22.6 Å². The Morgan fingerprint density at radius 1 is 0.698 bits per heavy atom. The first kappa shape index (κ1) is 34.7. The maximum absolute atomic E-state index is 16.1. The molecule has 6 nitrogen and oxygen atoms in total. The zero-order valence-corrected chi connectivity index (χ0v) is 32.1. The number of hydrogen-bond acceptors (Lipinski definition) is 4. The molecule has 0 saturated carbocycles. The van der Waals surface area contributed by atoms with Gasteiger partial charge in [0.1, 0.15) is 5.82 Å². The molecular weight excluding hydrogens is 841 g/mol. The predicted octanol–water partition coefficient (Wildman–Crippen LogP) is 11.1.